The van der Waals surface area contributed by atoms with Crippen LogP contribution in [0.3, 0.4) is 0 Å². The minimum atomic E-state index is 0.856. The number of ether oxygens (including phenoxy) is 1. The van der Waals surface area contributed by atoms with Crippen molar-refractivity contribution in [1.29, 1.82) is 0 Å². The number of hydrogen-bond acceptors (Lipinski definition) is 3. The van der Waals surface area contributed by atoms with Crippen LogP contribution in [0.1, 0.15) is 155 Å². The first-order chi connectivity index (χ1) is 16.9. The lowest BCUT2D eigenvalue weighted by molar-refractivity contribution is 0.0232. The fourth-order valence-electron chi connectivity index (χ4n) is 5.27. The smallest absolute Gasteiger partial charge is 0.0990 e. The summed E-state index contributed by atoms with van der Waals surface area (Å²) in [5, 5.41) is 3.53. The maximum Gasteiger partial charge on any atom is 0.0990 e. The van der Waals surface area contributed by atoms with Crippen molar-refractivity contribution in [2.24, 2.45) is 5.92 Å². The molecule has 0 saturated carbocycles. The lowest BCUT2D eigenvalue weighted by Crippen LogP contribution is -2.30. The summed E-state index contributed by atoms with van der Waals surface area (Å²) >= 11 is 0. The van der Waals surface area contributed by atoms with E-state index >= 15 is 0 Å². The summed E-state index contributed by atoms with van der Waals surface area (Å²) in [6.45, 7) is 11.3. The van der Waals surface area contributed by atoms with Crippen LogP contribution in [-0.4, -0.2) is 44.4 Å². The van der Waals surface area contributed by atoms with Gasteiger partial charge in [-0.05, 0) is 44.7 Å². The third kappa shape index (κ3) is 21.2. The Morgan fingerprint density at radius 1 is 0.618 bits per heavy atom. The first-order valence-electron chi connectivity index (χ1n) is 15.9. The minimum absolute atomic E-state index is 0.856. The van der Waals surface area contributed by atoms with Gasteiger partial charge in [0, 0.05) is 19.7 Å². The van der Waals surface area contributed by atoms with Crippen molar-refractivity contribution in [2.45, 2.75) is 155 Å². The fourth-order valence-corrected chi connectivity index (χ4v) is 5.27. The minimum Gasteiger partial charge on any atom is -0.366 e. The number of unbranched alkanes of at least 4 members (excludes halogenated alkanes) is 18. The average Bonchev–Trinajstić information content (AvgIpc) is 3.37. The SMILES string of the molecule is CCCCCCCCCCCCCCN(CCC1CCNC1)COCCCCCCCCCC. The van der Waals surface area contributed by atoms with Crippen LogP contribution >= 0.6 is 0 Å². The molecular weight excluding hydrogens is 416 g/mol. The summed E-state index contributed by atoms with van der Waals surface area (Å²) < 4.78 is 6.12. The van der Waals surface area contributed by atoms with E-state index in [0.717, 1.165) is 19.3 Å². The van der Waals surface area contributed by atoms with Crippen LogP contribution in [0.2, 0.25) is 0 Å². The molecule has 34 heavy (non-hydrogen) atoms. The van der Waals surface area contributed by atoms with Gasteiger partial charge in [-0.3, -0.25) is 4.90 Å². The molecule has 3 nitrogen and oxygen atoms in total. The zero-order chi connectivity index (χ0) is 24.4. The summed E-state index contributed by atoms with van der Waals surface area (Å²) in [5.41, 5.74) is 0. The van der Waals surface area contributed by atoms with Crippen molar-refractivity contribution >= 4 is 0 Å². The number of nitrogens with zero attached hydrogens (tertiary/aromatic N) is 1. The van der Waals surface area contributed by atoms with Gasteiger partial charge in [-0.15, -0.1) is 0 Å². The van der Waals surface area contributed by atoms with Crippen LogP contribution in [0.25, 0.3) is 0 Å². The van der Waals surface area contributed by atoms with Crippen molar-refractivity contribution in [3.05, 3.63) is 0 Å². The van der Waals surface area contributed by atoms with Gasteiger partial charge >= 0.3 is 0 Å². The average molecular weight is 481 g/mol. The van der Waals surface area contributed by atoms with Crippen molar-refractivity contribution in [3.63, 3.8) is 0 Å². The number of rotatable bonds is 27. The van der Waals surface area contributed by atoms with E-state index in [9.17, 15) is 0 Å². The van der Waals surface area contributed by atoms with Crippen LogP contribution in [0.5, 0.6) is 0 Å². The van der Waals surface area contributed by atoms with Gasteiger partial charge < -0.3 is 10.1 Å². The summed E-state index contributed by atoms with van der Waals surface area (Å²) in [7, 11) is 0. The van der Waals surface area contributed by atoms with Crippen LogP contribution in [0.15, 0.2) is 0 Å². The van der Waals surface area contributed by atoms with Crippen molar-refractivity contribution < 1.29 is 4.74 Å². The van der Waals surface area contributed by atoms with E-state index in [1.54, 1.807) is 0 Å². The van der Waals surface area contributed by atoms with Crippen LogP contribution in [0, 0.1) is 5.92 Å². The molecule has 1 N–H and O–H groups in total. The van der Waals surface area contributed by atoms with Crippen molar-refractivity contribution in [2.75, 3.05) is 39.5 Å². The number of nitrogens with one attached hydrogen (secondary N) is 1. The van der Waals surface area contributed by atoms with Gasteiger partial charge in [-0.1, -0.05) is 129 Å². The molecule has 1 atom stereocenters. The number of hydrogen-bond donors (Lipinski definition) is 1. The Morgan fingerprint density at radius 3 is 1.62 bits per heavy atom. The van der Waals surface area contributed by atoms with E-state index in [4.69, 9.17) is 4.74 Å². The molecule has 1 saturated heterocycles. The van der Waals surface area contributed by atoms with Crippen LogP contribution in [-0.2, 0) is 4.74 Å². The molecule has 1 unspecified atom stereocenters. The lowest BCUT2D eigenvalue weighted by atomic mass is 10.0. The molecule has 0 bridgehead atoms. The molecule has 1 rings (SSSR count). The Balaban J connectivity index is 2.01. The molecule has 0 aliphatic carbocycles. The molecule has 1 aliphatic rings. The zero-order valence-electron chi connectivity index (χ0n) is 23.7. The van der Waals surface area contributed by atoms with E-state index in [0.29, 0.717) is 0 Å². The summed E-state index contributed by atoms with van der Waals surface area (Å²) in [5.74, 6) is 0.886. The largest absolute Gasteiger partial charge is 0.366 e. The predicted molar refractivity (Wildman–Crippen MR) is 152 cm³/mol. The van der Waals surface area contributed by atoms with Crippen LogP contribution in [0.4, 0.5) is 0 Å². The fraction of sp³-hybridized carbons (Fsp3) is 1.00. The van der Waals surface area contributed by atoms with Crippen LogP contribution < -0.4 is 5.32 Å². The molecular formula is C31H64N2O. The van der Waals surface area contributed by atoms with Crippen molar-refractivity contribution in [3.8, 4) is 0 Å². The van der Waals surface area contributed by atoms with E-state index in [1.807, 2.05) is 0 Å². The van der Waals surface area contributed by atoms with E-state index in [1.165, 1.54) is 167 Å². The second kappa shape index (κ2) is 26.0. The highest BCUT2D eigenvalue weighted by molar-refractivity contribution is 4.72. The van der Waals surface area contributed by atoms with Gasteiger partial charge in [0.1, 0.15) is 0 Å². The Labute approximate surface area is 215 Å². The van der Waals surface area contributed by atoms with E-state index in [-0.39, 0.29) is 0 Å². The summed E-state index contributed by atoms with van der Waals surface area (Å²) in [4.78, 5) is 2.61. The zero-order valence-corrected chi connectivity index (χ0v) is 23.7. The molecule has 0 amide bonds. The molecule has 0 radical (unpaired) electrons. The highest BCUT2D eigenvalue weighted by Crippen LogP contribution is 2.15. The molecule has 0 aromatic heterocycles. The molecule has 0 aromatic carbocycles. The predicted octanol–water partition coefficient (Wildman–Crippen LogP) is 9.10. The van der Waals surface area contributed by atoms with Gasteiger partial charge in [-0.2, -0.15) is 0 Å². The highest BCUT2D eigenvalue weighted by atomic mass is 16.5. The second-order valence-electron chi connectivity index (χ2n) is 11.2. The monoisotopic (exact) mass is 481 g/mol. The normalized spacial score (nSPS) is 16.1. The summed E-state index contributed by atoms with van der Waals surface area (Å²) in [6, 6.07) is 0. The molecule has 204 valence electrons. The summed E-state index contributed by atoms with van der Waals surface area (Å²) in [6.07, 6.45) is 30.9. The van der Waals surface area contributed by atoms with E-state index in [2.05, 4.69) is 24.1 Å². The first kappa shape index (κ1) is 31.9. The Bertz CT molecular complexity index is 384. The van der Waals surface area contributed by atoms with Gasteiger partial charge in [-0.25, -0.2) is 0 Å². The molecule has 1 heterocycles. The molecule has 0 aromatic rings. The maximum atomic E-state index is 6.12. The molecule has 1 aliphatic heterocycles. The quantitative estimate of drug-likeness (QED) is 0.0937. The highest BCUT2D eigenvalue weighted by Gasteiger charge is 2.15. The van der Waals surface area contributed by atoms with Crippen molar-refractivity contribution in [1.82, 2.24) is 10.2 Å². The second-order valence-corrected chi connectivity index (χ2v) is 11.2. The molecule has 0 spiro atoms. The lowest BCUT2D eigenvalue weighted by Gasteiger charge is -2.23. The topological polar surface area (TPSA) is 24.5 Å². The Hall–Kier alpha value is -0.120. The molecule has 3 heteroatoms. The third-order valence-electron chi connectivity index (χ3n) is 7.76. The van der Waals surface area contributed by atoms with Gasteiger partial charge in [0.15, 0.2) is 0 Å². The third-order valence-corrected chi connectivity index (χ3v) is 7.76. The maximum absolute atomic E-state index is 6.12. The molecule has 1 fully saturated rings. The van der Waals surface area contributed by atoms with Gasteiger partial charge in [0.05, 0.1) is 6.73 Å². The Morgan fingerprint density at radius 2 is 1.12 bits per heavy atom. The standard InChI is InChI=1S/C31H64N2O/c1-3-5-7-9-11-13-14-15-16-17-19-21-26-33(27-24-31-23-25-32-29-31)30-34-28-22-20-18-12-10-8-6-4-2/h31-32H,3-30H2,1-2H3. The first-order valence-corrected chi connectivity index (χ1v) is 15.9. The van der Waals surface area contributed by atoms with E-state index < -0.39 is 0 Å². The van der Waals surface area contributed by atoms with Gasteiger partial charge in [0.2, 0.25) is 0 Å². The Kier molecular flexibility index (Phi) is 24.4. The van der Waals surface area contributed by atoms with Gasteiger partial charge in [0.25, 0.3) is 0 Å².